The van der Waals surface area contributed by atoms with Gasteiger partial charge in [0, 0.05) is 19.3 Å². The Hall–Kier alpha value is -1.07. The van der Waals surface area contributed by atoms with Crippen molar-refractivity contribution < 1.29 is 4.79 Å². The van der Waals surface area contributed by atoms with Crippen LogP contribution in [0.4, 0.5) is 0 Å². The van der Waals surface area contributed by atoms with Gasteiger partial charge in [0.05, 0.1) is 11.8 Å². The first-order valence-corrected chi connectivity index (χ1v) is 5.23. The number of nitrogens with zero attached hydrogens (tertiary/aromatic N) is 2. The number of rotatable bonds is 6. The lowest BCUT2D eigenvalue weighted by molar-refractivity contribution is 0.0953. The van der Waals surface area contributed by atoms with Gasteiger partial charge in [0.1, 0.15) is 0 Å². The highest BCUT2D eigenvalue weighted by molar-refractivity contribution is 5.93. The third-order valence-corrected chi connectivity index (χ3v) is 2.11. The van der Waals surface area contributed by atoms with Crippen LogP contribution in [0.1, 0.15) is 23.7 Å². The molecule has 0 atom stereocenters. The predicted molar refractivity (Wildman–Crippen MR) is 66.0 cm³/mol. The second kappa shape index (κ2) is 8.13. The molecule has 6 heteroatoms. The van der Waals surface area contributed by atoms with Crippen molar-refractivity contribution in [2.45, 2.75) is 19.9 Å². The third kappa shape index (κ3) is 4.63. The lowest BCUT2D eigenvalue weighted by Crippen LogP contribution is -2.26. The average Bonchev–Trinajstić information content (AvgIpc) is 2.72. The van der Waals surface area contributed by atoms with Gasteiger partial charge in [-0.15, -0.1) is 12.4 Å². The van der Waals surface area contributed by atoms with E-state index in [1.807, 2.05) is 14.0 Å². The van der Waals surface area contributed by atoms with Gasteiger partial charge in [-0.05, 0) is 26.9 Å². The molecule has 0 aromatic carbocycles. The molecule has 0 aliphatic rings. The van der Waals surface area contributed by atoms with Crippen LogP contribution in [0.25, 0.3) is 0 Å². The van der Waals surface area contributed by atoms with E-state index >= 15 is 0 Å². The molecule has 1 rings (SSSR count). The van der Waals surface area contributed by atoms with Gasteiger partial charge in [0.15, 0.2) is 0 Å². The Morgan fingerprint density at radius 2 is 2.25 bits per heavy atom. The zero-order valence-corrected chi connectivity index (χ0v) is 10.5. The second-order valence-corrected chi connectivity index (χ2v) is 3.30. The van der Waals surface area contributed by atoms with Crippen molar-refractivity contribution in [1.82, 2.24) is 20.4 Å². The summed E-state index contributed by atoms with van der Waals surface area (Å²) in [6.45, 7) is 4.38. The number of hydrogen-bond acceptors (Lipinski definition) is 3. The van der Waals surface area contributed by atoms with E-state index in [-0.39, 0.29) is 18.3 Å². The summed E-state index contributed by atoms with van der Waals surface area (Å²) in [5.74, 6) is -0.0502. The summed E-state index contributed by atoms with van der Waals surface area (Å²) < 4.78 is 1.74. The fourth-order valence-corrected chi connectivity index (χ4v) is 1.22. The summed E-state index contributed by atoms with van der Waals surface area (Å²) in [5.41, 5.74) is 0.626. The fourth-order valence-electron chi connectivity index (χ4n) is 1.22. The van der Waals surface area contributed by atoms with Gasteiger partial charge in [-0.1, -0.05) is 0 Å². The van der Waals surface area contributed by atoms with Crippen molar-refractivity contribution in [2.24, 2.45) is 0 Å². The maximum atomic E-state index is 11.6. The van der Waals surface area contributed by atoms with Crippen LogP contribution in [-0.4, -0.2) is 35.8 Å². The monoisotopic (exact) mass is 246 g/mol. The Labute approximate surface area is 102 Å². The average molecular weight is 247 g/mol. The SMILES string of the molecule is CCn1cc(C(=O)NCCCNC)cn1.Cl. The Bertz CT molecular complexity index is 314. The summed E-state index contributed by atoms with van der Waals surface area (Å²) in [7, 11) is 1.90. The largest absolute Gasteiger partial charge is 0.352 e. The first kappa shape index (κ1) is 14.9. The molecule has 0 unspecified atom stereocenters. The maximum absolute atomic E-state index is 11.6. The summed E-state index contributed by atoms with van der Waals surface area (Å²) in [5, 5.41) is 9.91. The number of halogens is 1. The number of carbonyl (C=O) groups excluding carboxylic acids is 1. The molecule has 0 spiro atoms. The quantitative estimate of drug-likeness (QED) is 0.726. The Kier molecular flexibility index (Phi) is 7.58. The van der Waals surface area contributed by atoms with Crippen LogP contribution < -0.4 is 10.6 Å². The zero-order chi connectivity index (χ0) is 11.1. The first-order chi connectivity index (χ1) is 7.27. The van der Waals surface area contributed by atoms with E-state index in [1.165, 1.54) is 0 Å². The van der Waals surface area contributed by atoms with Crippen molar-refractivity contribution in [1.29, 1.82) is 0 Å². The van der Waals surface area contributed by atoms with Crippen molar-refractivity contribution in [3.8, 4) is 0 Å². The summed E-state index contributed by atoms with van der Waals surface area (Å²) >= 11 is 0. The van der Waals surface area contributed by atoms with Crippen LogP contribution in [-0.2, 0) is 6.54 Å². The number of nitrogens with one attached hydrogen (secondary N) is 2. The Morgan fingerprint density at radius 1 is 1.50 bits per heavy atom. The third-order valence-electron chi connectivity index (χ3n) is 2.11. The first-order valence-electron chi connectivity index (χ1n) is 5.23. The molecule has 92 valence electrons. The van der Waals surface area contributed by atoms with Gasteiger partial charge in [0.25, 0.3) is 5.91 Å². The van der Waals surface area contributed by atoms with Crippen molar-refractivity contribution in [3.05, 3.63) is 18.0 Å². The number of aromatic nitrogens is 2. The van der Waals surface area contributed by atoms with Crippen LogP contribution in [0.2, 0.25) is 0 Å². The predicted octanol–water partition coefficient (Wildman–Crippen LogP) is 0.664. The molecule has 1 amide bonds. The van der Waals surface area contributed by atoms with Gasteiger partial charge in [-0.3, -0.25) is 9.48 Å². The molecule has 5 nitrogen and oxygen atoms in total. The fraction of sp³-hybridized carbons (Fsp3) is 0.600. The van der Waals surface area contributed by atoms with Crippen LogP contribution >= 0.6 is 12.4 Å². The Balaban J connectivity index is 0.00000225. The van der Waals surface area contributed by atoms with E-state index < -0.39 is 0 Å². The highest BCUT2D eigenvalue weighted by Gasteiger charge is 2.06. The minimum Gasteiger partial charge on any atom is -0.352 e. The van der Waals surface area contributed by atoms with E-state index in [0.717, 1.165) is 19.5 Å². The number of amides is 1. The number of aryl methyl sites for hydroxylation is 1. The van der Waals surface area contributed by atoms with Gasteiger partial charge >= 0.3 is 0 Å². The van der Waals surface area contributed by atoms with Crippen molar-refractivity contribution in [2.75, 3.05) is 20.1 Å². The van der Waals surface area contributed by atoms with Crippen molar-refractivity contribution in [3.63, 3.8) is 0 Å². The summed E-state index contributed by atoms with van der Waals surface area (Å²) in [4.78, 5) is 11.6. The Morgan fingerprint density at radius 3 is 2.81 bits per heavy atom. The van der Waals surface area contributed by atoms with Gasteiger partial charge < -0.3 is 10.6 Å². The van der Waals surface area contributed by atoms with Gasteiger partial charge in [0.2, 0.25) is 0 Å². The standard InChI is InChI=1S/C10H18N4O.ClH/c1-3-14-8-9(7-13-14)10(15)12-6-4-5-11-2;/h7-8,11H,3-6H2,1-2H3,(H,12,15);1H. The lowest BCUT2D eigenvalue weighted by atomic mass is 10.3. The second-order valence-electron chi connectivity index (χ2n) is 3.30. The van der Waals surface area contributed by atoms with E-state index in [1.54, 1.807) is 17.1 Å². The molecular formula is C10H19ClN4O. The van der Waals surface area contributed by atoms with E-state index in [0.29, 0.717) is 12.1 Å². The van der Waals surface area contributed by atoms with Gasteiger partial charge in [-0.25, -0.2) is 0 Å². The summed E-state index contributed by atoms with van der Waals surface area (Å²) in [6.07, 6.45) is 4.29. The molecular weight excluding hydrogens is 228 g/mol. The number of hydrogen-bond donors (Lipinski definition) is 2. The molecule has 0 saturated heterocycles. The lowest BCUT2D eigenvalue weighted by Gasteiger charge is -2.02. The topological polar surface area (TPSA) is 59.0 Å². The highest BCUT2D eigenvalue weighted by atomic mass is 35.5. The molecule has 0 bridgehead atoms. The molecule has 0 saturated carbocycles. The molecule has 0 radical (unpaired) electrons. The minimum atomic E-state index is -0.0502. The van der Waals surface area contributed by atoms with Crippen LogP contribution in [0.5, 0.6) is 0 Å². The zero-order valence-electron chi connectivity index (χ0n) is 9.69. The maximum Gasteiger partial charge on any atom is 0.254 e. The molecule has 2 N–H and O–H groups in total. The highest BCUT2D eigenvalue weighted by Crippen LogP contribution is 1.97. The van der Waals surface area contributed by atoms with E-state index in [9.17, 15) is 4.79 Å². The smallest absolute Gasteiger partial charge is 0.254 e. The molecule has 0 aliphatic carbocycles. The van der Waals surface area contributed by atoms with Crippen LogP contribution in [0.3, 0.4) is 0 Å². The van der Waals surface area contributed by atoms with Crippen molar-refractivity contribution >= 4 is 18.3 Å². The van der Waals surface area contributed by atoms with Gasteiger partial charge in [-0.2, -0.15) is 5.10 Å². The molecule has 1 aromatic rings. The molecule has 0 fully saturated rings. The molecule has 16 heavy (non-hydrogen) atoms. The minimum absolute atomic E-state index is 0. The number of carbonyl (C=O) groups is 1. The van der Waals surface area contributed by atoms with Crippen LogP contribution in [0.15, 0.2) is 12.4 Å². The summed E-state index contributed by atoms with van der Waals surface area (Å²) in [6, 6.07) is 0. The van der Waals surface area contributed by atoms with E-state index in [4.69, 9.17) is 0 Å². The molecule has 1 heterocycles. The normalized spacial score (nSPS) is 9.62. The van der Waals surface area contributed by atoms with E-state index in [2.05, 4.69) is 15.7 Å². The molecule has 1 aromatic heterocycles. The van der Waals surface area contributed by atoms with Crippen LogP contribution in [0, 0.1) is 0 Å². The molecule has 0 aliphatic heterocycles.